The lowest BCUT2D eigenvalue weighted by atomic mass is 9.84. The van der Waals surface area contributed by atoms with Gasteiger partial charge in [0.05, 0.1) is 19.5 Å². The van der Waals surface area contributed by atoms with Crippen LogP contribution in [0.15, 0.2) is 12.1 Å². The molecule has 6 heteroatoms. The third-order valence-corrected chi connectivity index (χ3v) is 3.15. The van der Waals surface area contributed by atoms with Crippen molar-refractivity contribution in [3.05, 3.63) is 23.8 Å². The van der Waals surface area contributed by atoms with Crippen molar-refractivity contribution in [2.24, 2.45) is 0 Å². The molecule has 1 saturated heterocycles. The molecule has 0 spiro atoms. The molecule has 1 aromatic rings. The quantitative estimate of drug-likeness (QED) is 0.555. The zero-order chi connectivity index (χ0) is 14.6. The van der Waals surface area contributed by atoms with Gasteiger partial charge in [0.25, 0.3) is 0 Å². The molecule has 3 nitrogen and oxygen atoms in total. The third kappa shape index (κ3) is 2.19. The van der Waals surface area contributed by atoms with Crippen LogP contribution in [0.4, 0.5) is 8.78 Å². The van der Waals surface area contributed by atoms with E-state index < -0.39 is 42.2 Å². The van der Waals surface area contributed by atoms with E-state index in [2.05, 4.69) is 4.98 Å². The molecule has 2 rings (SSSR count). The van der Waals surface area contributed by atoms with Crippen LogP contribution in [0.1, 0.15) is 30.4 Å². The molecule has 0 radical (unpaired) electrons. The molecule has 0 unspecified atom stereocenters. The maximum Gasteiger partial charge on any atom is 0.514 e. The fourth-order valence-electron chi connectivity index (χ4n) is 1.46. The topological polar surface area (TPSA) is 31.4 Å². The van der Waals surface area contributed by atoms with Crippen LogP contribution in [0.5, 0.6) is 0 Å². The van der Waals surface area contributed by atoms with Gasteiger partial charge in [-0.25, -0.2) is 9.37 Å². The predicted octanol–water partition coefficient (Wildman–Crippen LogP) is 1.66. The molecule has 0 saturated carbocycles. The Morgan fingerprint density at radius 3 is 2.24 bits per heavy atom. The molecule has 0 aromatic carbocycles. The van der Waals surface area contributed by atoms with Crippen LogP contribution >= 0.6 is 0 Å². The second-order valence-corrected chi connectivity index (χ2v) is 4.94. The molecule has 0 atom stereocenters. The summed E-state index contributed by atoms with van der Waals surface area (Å²) < 4.78 is 52.7. The molecule has 1 aromatic heterocycles. The highest BCUT2D eigenvalue weighted by atomic mass is 19.1. The summed E-state index contributed by atoms with van der Waals surface area (Å²) in [5.41, 5.74) is -1.68. The molecular formula is C11H14BF2NO2. The molecule has 17 heavy (non-hydrogen) atoms. The lowest BCUT2D eigenvalue weighted by Gasteiger charge is -2.32. The monoisotopic (exact) mass is 243 g/mol. The van der Waals surface area contributed by atoms with Crippen LogP contribution in [-0.2, 0) is 9.31 Å². The minimum Gasteiger partial charge on any atom is -0.398 e. The van der Waals surface area contributed by atoms with Crippen LogP contribution in [0.3, 0.4) is 0 Å². The second-order valence-electron chi connectivity index (χ2n) is 4.94. The summed E-state index contributed by atoms with van der Waals surface area (Å²) >= 11 is 0. The van der Waals surface area contributed by atoms with E-state index in [-0.39, 0.29) is 5.59 Å². The standard InChI is InChI=1S/C11H14BF2NO2/c1-10(2)11(3,4)17-12(16-10)8-5-7(13)6-9(14)15-8/h5-6H,1-4H3/i5D,6D. The van der Waals surface area contributed by atoms with Gasteiger partial charge in [0.2, 0.25) is 5.95 Å². The smallest absolute Gasteiger partial charge is 0.398 e. The number of nitrogens with zero attached hydrogens (tertiary/aromatic N) is 1. The first-order valence-corrected chi connectivity index (χ1v) is 5.24. The van der Waals surface area contributed by atoms with Crippen molar-refractivity contribution in [3.63, 3.8) is 0 Å². The van der Waals surface area contributed by atoms with Gasteiger partial charge in [0.1, 0.15) is 5.82 Å². The summed E-state index contributed by atoms with van der Waals surface area (Å²) in [5.74, 6) is -2.55. The largest absolute Gasteiger partial charge is 0.514 e. The van der Waals surface area contributed by atoms with E-state index in [1.54, 1.807) is 27.7 Å². The maximum absolute atomic E-state index is 13.5. The van der Waals surface area contributed by atoms with E-state index in [0.717, 1.165) is 0 Å². The average Bonchev–Trinajstić information content (AvgIpc) is 2.50. The third-order valence-electron chi connectivity index (χ3n) is 3.15. The summed E-state index contributed by atoms with van der Waals surface area (Å²) in [7, 11) is -1.12. The highest BCUT2D eigenvalue weighted by Gasteiger charge is 2.52. The maximum atomic E-state index is 13.5. The van der Waals surface area contributed by atoms with E-state index >= 15 is 0 Å². The van der Waals surface area contributed by atoms with Crippen molar-refractivity contribution in [1.82, 2.24) is 4.98 Å². The molecule has 0 N–H and O–H groups in total. The molecule has 1 aliphatic heterocycles. The fourth-order valence-corrected chi connectivity index (χ4v) is 1.46. The molecule has 0 aliphatic carbocycles. The van der Waals surface area contributed by atoms with Crippen LogP contribution in [0, 0.1) is 11.8 Å². The molecule has 92 valence electrons. The normalized spacial score (nSPS) is 23.5. The fraction of sp³-hybridized carbons (Fsp3) is 0.545. The molecule has 0 amide bonds. The second kappa shape index (κ2) is 3.75. The Bertz CT molecular complexity index is 524. The van der Waals surface area contributed by atoms with Crippen molar-refractivity contribution in [2.75, 3.05) is 0 Å². The van der Waals surface area contributed by atoms with Crippen molar-refractivity contribution in [2.45, 2.75) is 38.9 Å². The molecule has 1 aliphatic rings. The number of pyridine rings is 1. The molecule has 1 fully saturated rings. The number of hydrogen-bond acceptors (Lipinski definition) is 3. The van der Waals surface area contributed by atoms with E-state index in [9.17, 15) is 8.78 Å². The van der Waals surface area contributed by atoms with E-state index in [0.29, 0.717) is 0 Å². The number of hydrogen-bond donors (Lipinski definition) is 0. The first-order chi connectivity index (χ1) is 8.57. The first kappa shape index (κ1) is 9.97. The minimum absolute atomic E-state index is 0.287. The lowest BCUT2D eigenvalue weighted by Crippen LogP contribution is -2.41. The summed E-state index contributed by atoms with van der Waals surface area (Å²) in [6.45, 7) is 7.12. The van der Waals surface area contributed by atoms with Gasteiger partial charge in [0, 0.05) is 6.04 Å². The Morgan fingerprint density at radius 1 is 1.18 bits per heavy atom. The summed E-state index contributed by atoms with van der Waals surface area (Å²) in [5, 5.41) is 0. The van der Waals surface area contributed by atoms with E-state index in [1.807, 2.05) is 0 Å². The Kier molecular flexibility index (Phi) is 2.20. The van der Waals surface area contributed by atoms with Gasteiger partial charge in [-0.3, -0.25) is 0 Å². The van der Waals surface area contributed by atoms with Gasteiger partial charge in [-0.1, -0.05) is 0 Å². The Labute approximate surface area is 102 Å². The van der Waals surface area contributed by atoms with E-state index in [1.165, 1.54) is 0 Å². The van der Waals surface area contributed by atoms with Gasteiger partial charge in [-0.2, -0.15) is 4.39 Å². The van der Waals surface area contributed by atoms with Crippen LogP contribution in [0.2, 0.25) is 0 Å². The van der Waals surface area contributed by atoms with Gasteiger partial charge < -0.3 is 9.31 Å². The minimum atomic E-state index is -1.28. The Morgan fingerprint density at radius 2 is 1.71 bits per heavy atom. The number of aromatic nitrogens is 1. The zero-order valence-electron chi connectivity index (χ0n) is 12.1. The lowest BCUT2D eigenvalue weighted by molar-refractivity contribution is 0.00578. The Balaban J connectivity index is 2.46. The summed E-state index contributed by atoms with van der Waals surface area (Å²) in [4.78, 5) is 3.41. The summed E-state index contributed by atoms with van der Waals surface area (Å²) in [6, 6.07) is -1.70. The number of halogens is 2. The zero-order valence-corrected chi connectivity index (χ0v) is 10.1. The van der Waals surface area contributed by atoms with Crippen LogP contribution in [-0.4, -0.2) is 23.3 Å². The summed E-state index contributed by atoms with van der Waals surface area (Å²) in [6.07, 6.45) is 0. The van der Waals surface area contributed by atoms with Crippen molar-refractivity contribution in [1.29, 1.82) is 0 Å². The van der Waals surface area contributed by atoms with E-state index in [4.69, 9.17) is 12.1 Å². The SMILES string of the molecule is [2H]c1c(F)nc(B2OC(C)(C)C(C)(C)O2)c([2H])c1F. The van der Waals surface area contributed by atoms with Crippen molar-refractivity contribution in [3.8, 4) is 0 Å². The van der Waals surface area contributed by atoms with Gasteiger partial charge in [0.15, 0.2) is 0 Å². The molecule has 0 bridgehead atoms. The predicted molar refractivity (Wildman–Crippen MR) is 59.9 cm³/mol. The highest BCUT2D eigenvalue weighted by Crippen LogP contribution is 2.36. The van der Waals surface area contributed by atoms with Crippen LogP contribution < -0.4 is 5.59 Å². The van der Waals surface area contributed by atoms with Crippen LogP contribution in [0.25, 0.3) is 0 Å². The number of rotatable bonds is 1. The molecule has 2 heterocycles. The van der Waals surface area contributed by atoms with Crippen molar-refractivity contribution < 1.29 is 20.8 Å². The molecular weight excluding hydrogens is 227 g/mol. The Hall–Kier alpha value is -1.01. The first-order valence-electron chi connectivity index (χ1n) is 6.24. The average molecular weight is 243 g/mol. The van der Waals surface area contributed by atoms with Gasteiger partial charge in [-0.05, 0) is 33.7 Å². The van der Waals surface area contributed by atoms with Gasteiger partial charge >= 0.3 is 7.12 Å². The highest BCUT2D eigenvalue weighted by molar-refractivity contribution is 6.61. The van der Waals surface area contributed by atoms with Gasteiger partial charge in [-0.15, -0.1) is 0 Å². The van der Waals surface area contributed by atoms with Crippen molar-refractivity contribution >= 4 is 12.7 Å².